The van der Waals surface area contributed by atoms with E-state index in [1.165, 1.54) is 0 Å². The molecule has 0 atom stereocenters. The highest BCUT2D eigenvalue weighted by Crippen LogP contribution is 2.37. The van der Waals surface area contributed by atoms with E-state index in [0.29, 0.717) is 30.8 Å². The highest BCUT2D eigenvalue weighted by atomic mass is 32.1. The third-order valence-corrected chi connectivity index (χ3v) is 3.87. The molecule has 0 radical (unpaired) electrons. The van der Waals surface area contributed by atoms with Gasteiger partial charge in [0.15, 0.2) is 0 Å². The largest absolute Gasteiger partial charge is 0.445 e. The molecule has 1 aromatic carbocycles. The van der Waals surface area contributed by atoms with Crippen LogP contribution in [0.25, 0.3) is 0 Å². The summed E-state index contributed by atoms with van der Waals surface area (Å²) in [4.78, 5) is 1.73. The summed E-state index contributed by atoms with van der Waals surface area (Å²) in [6, 6.07) is 7.46. The molecule has 2 aromatic rings. The molecule has 0 fully saturated rings. The maximum atomic E-state index is 12.7. The van der Waals surface area contributed by atoms with Gasteiger partial charge in [-0.25, -0.2) is 0 Å². The Bertz CT molecular complexity index is 597. The number of halogens is 3. The number of anilines is 2. The first-order valence-electron chi connectivity index (χ1n) is 6.37. The Hall–Kier alpha value is -1.67. The van der Waals surface area contributed by atoms with Crippen LogP contribution >= 0.6 is 11.3 Å². The number of alkyl halides is 3. The van der Waals surface area contributed by atoms with Gasteiger partial charge in [0.2, 0.25) is 10.1 Å². The molecule has 4 nitrogen and oxygen atoms in total. The lowest BCUT2D eigenvalue weighted by atomic mass is 10.2. The SMILES string of the molecule is Cc1ccccc1N(CCCN)c1nnc(C(F)(F)F)s1. The number of aromatic nitrogens is 2. The van der Waals surface area contributed by atoms with Crippen molar-refractivity contribution in [3.63, 3.8) is 0 Å². The van der Waals surface area contributed by atoms with E-state index in [0.717, 1.165) is 11.3 Å². The predicted octanol–water partition coefficient (Wildman–Crippen LogP) is 3.35. The summed E-state index contributed by atoms with van der Waals surface area (Å²) < 4.78 is 38.0. The molecule has 0 unspecified atom stereocenters. The maximum absolute atomic E-state index is 12.7. The van der Waals surface area contributed by atoms with Crippen molar-refractivity contribution in [2.45, 2.75) is 19.5 Å². The van der Waals surface area contributed by atoms with E-state index in [4.69, 9.17) is 5.73 Å². The molecule has 2 N–H and O–H groups in total. The van der Waals surface area contributed by atoms with Crippen molar-refractivity contribution in [3.05, 3.63) is 34.8 Å². The second kappa shape index (κ2) is 6.40. The van der Waals surface area contributed by atoms with Crippen LogP contribution in [-0.4, -0.2) is 23.3 Å². The molecule has 0 aliphatic heterocycles. The van der Waals surface area contributed by atoms with Crippen molar-refractivity contribution in [2.24, 2.45) is 5.73 Å². The molecule has 0 amide bonds. The highest BCUT2D eigenvalue weighted by Gasteiger charge is 2.36. The van der Waals surface area contributed by atoms with Crippen LogP contribution in [0.4, 0.5) is 24.0 Å². The lowest BCUT2D eigenvalue weighted by Crippen LogP contribution is -2.21. The number of hydrogen-bond donors (Lipinski definition) is 1. The van der Waals surface area contributed by atoms with Crippen LogP contribution in [-0.2, 0) is 6.18 Å². The van der Waals surface area contributed by atoms with Gasteiger partial charge in [0, 0.05) is 12.2 Å². The van der Waals surface area contributed by atoms with Gasteiger partial charge >= 0.3 is 6.18 Å². The van der Waals surface area contributed by atoms with Crippen molar-refractivity contribution < 1.29 is 13.2 Å². The van der Waals surface area contributed by atoms with Gasteiger partial charge in [0.1, 0.15) is 0 Å². The molecule has 0 aliphatic rings. The van der Waals surface area contributed by atoms with Crippen LogP contribution in [0.15, 0.2) is 24.3 Å². The topological polar surface area (TPSA) is 55.0 Å². The molecule has 0 saturated carbocycles. The van der Waals surface area contributed by atoms with Gasteiger partial charge in [-0.3, -0.25) is 0 Å². The number of rotatable bonds is 5. The van der Waals surface area contributed by atoms with Crippen molar-refractivity contribution in [2.75, 3.05) is 18.0 Å². The molecule has 2 rings (SSSR count). The van der Waals surface area contributed by atoms with Gasteiger partial charge in [-0.15, -0.1) is 10.2 Å². The molecular formula is C13H15F3N4S. The molecule has 1 aromatic heterocycles. The van der Waals surface area contributed by atoms with Crippen molar-refractivity contribution in [1.82, 2.24) is 10.2 Å². The second-order valence-electron chi connectivity index (χ2n) is 4.47. The zero-order chi connectivity index (χ0) is 15.5. The summed E-state index contributed by atoms with van der Waals surface area (Å²) >= 11 is 0.540. The summed E-state index contributed by atoms with van der Waals surface area (Å²) in [5.74, 6) is 0. The molecule has 21 heavy (non-hydrogen) atoms. The summed E-state index contributed by atoms with van der Waals surface area (Å²) in [5, 5.41) is 6.22. The second-order valence-corrected chi connectivity index (χ2v) is 5.42. The number of para-hydroxylation sites is 1. The molecule has 0 saturated heterocycles. The standard InChI is InChI=1S/C13H15F3N4S/c1-9-5-2-3-6-10(9)20(8-4-7-17)12-19-18-11(21-12)13(14,15)16/h2-3,5-6H,4,7-8,17H2,1H3. The van der Waals surface area contributed by atoms with Crippen molar-refractivity contribution in [3.8, 4) is 0 Å². The smallest absolute Gasteiger partial charge is 0.330 e. The number of aryl methyl sites for hydroxylation is 1. The third-order valence-electron chi connectivity index (χ3n) is 2.88. The fourth-order valence-electron chi connectivity index (χ4n) is 1.87. The maximum Gasteiger partial charge on any atom is 0.445 e. The Morgan fingerprint density at radius 3 is 2.52 bits per heavy atom. The van der Waals surface area contributed by atoms with Crippen molar-refractivity contribution in [1.29, 1.82) is 0 Å². The molecule has 1 heterocycles. The first kappa shape index (κ1) is 15.7. The molecular weight excluding hydrogens is 301 g/mol. The Balaban J connectivity index is 2.37. The fraction of sp³-hybridized carbons (Fsp3) is 0.385. The van der Waals surface area contributed by atoms with Crippen LogP contribution in [0, 0.1) is 6.92 Å². The summed E-state index contributed by atoms with van der Waals surface area (Å²) in [5.41, 5.74) is 7.28. The van der Waals surface area contributed by atoms with Gasteiger partial charge in [0.05, 0.1) is 0 Å². The molecule has 0 spiro atoms. The van der Waals surface area contributed by atoms with E-state index in [1.807, 2.05) is 31.2 Å². The minimum atomic E-state index is -4.47. The van der Waals surface area contributed by atoms with Gasteiger partial charge in [-0.05, 0) is 31.5 Å². The number of nitrogens with zero attached hydrogens (tertiary/aromatic N) is 3. The summed E-state index contributed by atoms with van der Waals surface area (Å²) in [6.07, 6.45) is -3.82. The molecule has 8 heteroatoms. The average molecular weight is 316 g/mol. The van der Waals surface area contributed by atoms with Gasteiger partial charge in [-0.1, -0.05) is 29.5 Å². The Morgan fingerprint density at radius 1 is 1.24 bits per heavy atom. The number of nitrogens with two attached hydrogens (primary N) is 1. The Labute approximate surface area is 124 Å². The summed E-state index contributed by atoms with van der Waals surface area (Å²) in [6.45, 7) is 2.84. The lowest BCUT2D eigenvalue weighted by molar-refractivity contribution is -0.138. The van der Waals surface area contributed by atoms with Crippen LogP contribution in [0.3, 0.4) is 0 Å². The van der Waals surface area contributed by atoms with E-state index in [-0.39, 0.29) is 5.13 Å². The minimum Gasteiger partial charge on any atom is -0.330 e. The van der Waals surface area contributed by atoms with E-state index in [2.05, 4.69) is 10.2 Å². The minimum absolute atomic E-state index is 0.227. The third kappa shape index (κ3) is 3.70. The first-order valence-corrected chi connectivity index (χ1v) is 7.19. The van der Waals surface area contributed by atoms with E-state index >= 15 is 0 Å². The van der Waals surface area contributed by atoms with E-state index in [9.17, 15) is 13.2 Å². The zero-order valence-electron chi connectivity index (χ0n) is 11.4. The predicted molar refractivity (Wildman–Crippen MR) is 76.8 cm³/mol. The number of hydrogen-bond acceptors (Lipinski definition) is 5. The van der Waals surface area contributed by atoms with E-state index in [1.54, 1.807) is 4.90 Å². The fourth-order valence-corrected chi connectivity index (χ4v) is 2.63. The van der Waals surface area contributed by atoms with Gasteiger partial charge in [0.25, 0.3) is 0 Å². The highest BCUT2D eigenvalue weighted by molar-refractivity contribution is 7.15. The van der Waals surface area contributed by atoms with Gasteiger partial charge in [-0.2, -0.15) is 13.2 Å². The van der Waals surface area contributed by atoms with Crippen LogP contribution in [0.1, 0.15) is 17.0 Å². The average Bonchev–Trinajstić information content (AvgIpc) is 2.91. The summed E-state index contributed by atoms with van der Waals surface area (Å²) in [7, 11) is 0. The number of benzene rings is 1. The zero-order valence-corrected chi connectivity index (χ0v) is 12.2. The molecule has 0 bridgehead atoms. The normalized spacial score (nSPS) is 11.7. The first-order chi connectivity index (χ1) is 9.93. The molecule has 0 aliphatic carbocycles. The van der Waals surface area contributed by atoms with Crippen molar-refractivity contribution >= 4 is 22.2 Å². The van der Waals surface area contributed by atoms with Crippen LogP contribution in [0.5, 0.6) is 0 Å². The van der Waals surface area contributed by atoms with Crippen LogP contribution in [0.2, 0.25) is 0 Å². The lowest BCUT2D eigenvalue weighted by Gasteiger charge is -2.23. The van der Waals surface area contributed by atoms with Gasteiger partial charge < -0.3 is 10.6 Å². The Kier molecular flexibility index (Phi) is 4.79. The molecule has 114 valence electrons. The van der Waals surface area contributed by atoms with Crippen LogP contribution < -0.4 is 10.6 Å². The quantitative estimate of drug-likeness (QED) is 0.919. The Morgan fingerprint density at radius 2 is 1.95 bits per heavy atom. The van der Waals surface area contributed by atoms with E-state index < -0.39 is 11.2 Å². The monoisotopic (exact) mass is 316 g/mol.